The molecule has 3 heteroatoms. The quantitative estimate of drug-likeness (QED) is 0.569. The summed E-state index contributed by atoms with van der Waals surface area (Å²) >= 11 is 0. The van der Waals surface area contributed by atoms with E-state index in [0.717, 1.165) is 11.4 Å². The Morgan fingerprint density at radius 3 is 1.52 bits per heavy atom. The number of benzene rings is 2. The van der Waals surface area contributed by atoms with Gasteiger partial charge in [0.25, 0.3) is 5.91 Å². The highest BCUT2D eigenvalue weighted by molar-refractivity contribution is 5.94. The topological polar surface area (TPSA) is 41.1 Å². The SMILES string of the molecule is C.C.CC.CC.CCCC.CNC(=O)c1ccc(Nc2ccccc2)cc1. The van der Waals surface area contributed by atoms with Gasteiger partial charge in [-0.15, -0.1) is 0 Å². The number of para-hydroxylation sites is 1. The fourth-order valence-corrected chi connectivity index (χ4v) is 1.54. The van der Waals surface area contributed by atoms with Crippen LogP contribution in [-0.4, -0.2) is 13.0 Å². The molecule has 1 amide bonds. The average molecular weight is 377 g/mol. The normalized spacial score (nSPS) is 7.67. The van der Waals surface area contributed by atoms with Gasteiger partial charge >= 0.3 is 0 Å². The zero-order valence-electron chi connectivity index (χ0n) is 17.0. The van der Waals surface area contributed by atoms with Crippen LogP contribution in [0.4, 0.5) is 11.4 Å². The summed E-state index contributed by atoms with van der Waals surface area (Å²) in [6.07, 6.45) is 2.64. The Hall–Kier alpha value is -2.29. The molecule has 0 spiro atoms. The van der Waals surface area contributed by atoms with E-state index in [0.29, 0.717) is 5.56 Å². The molecular weight excluding hydrogens is 332 g/mol. The lowest BCUT2D eigenvalue weighted by Gasteiger charge is -2.06. The Morgan fingerprint density at radius 1 is 0.741 bits per heavy atom. The van der Waals surface area contributed by atoms with Crippen molar-refractivity contribution in [2.45, 2.75) is 69.2 Å². The van der Waals surface area contributed by atoms with Gasteiger partial charge in [-0.3, -0.25) is 4.79 Å². The van der Waals surface area contributed by atoms with Crippen molar-refractivity contribution < 1.29 is 4.79 Å². The highest BCUT2D eigenvalue weighted by Gasteiger charge is 2.01. The van der Waals surface area contributed by atoms with E-state index in [9.17, 15) is 4.79 Å². The molecule has 27 heavy (non-hydrogen) atoms. The largest absolute Gasteiger partial charge is 0.356 e. The molecule has 0 aromatic heterocycles. The smallest absolute Gasteiger partial charge is 0.251 e. The van der Waals surface area contributed by atoms with Crippen LogP contribution in [0.1, 0.15) is 79.6 Å². The first-order valence-corrected chi connectivity index (χ1v) is 9.35. The standard InChI is InChI=1S/C14H14N2O.C4H10.2C2H6.2CH4/c1-15-14(17)11-7-9-13(10-8-11)16-12-5-3-2-4-6-12;1-3-4-2;2*1-2;;/h2-10,16H,1H3,(H,15,17);3-4H2,1-2H3;2*1-2H3;2*1H4. The number of anilines is 2. The van der Waals surface area contributed by atoms with Gasteiger partial charge in [0.05, 0.1) is 0 Å². The molecule has 156 valence electrons. The average Bonchev–Trinajstić information content (AvgIpc) is 2.72. The van der Waals surface area contributed by atoms with Crippen LogP contribution in [0, 0.1) is 0 Å². The Kier molecular flexibility index (Phi) is 28.4. The second-order valence-corrected chi connectivity index (χ2v) is 4.65. The minimum atomic E-state index is -0.0729. The van der Waals surface area contributed by atoms with Gasteiger partial charge in [0, 0.05) is 24.0 Å². The maximum atomic E-state index is 11.4. The van der Waals surface area contributed by atoms with Crippen LogP contribution in [0.25, 0.3) is 0 Å². The molecule has 0 aliphatic heterocycles. The van der Waals surface area contributed by atoms with Crippen LogP contribution in [0.5, 0.6) is 0 Å². The Labute approximate surface area is 169 Å². The molecule has 0 aliphatic carbocycles. The molecule has 0 radical (unpaired) electrons. The molecule has 2 aromatic rings. The van der Waals surface area contributed by atoms with Crippen molar-refractivity contribution in [3.63, 3.8) is 0 Å². The van der Waals surface area contributed by atoms with Gasteiger partial charge in [0.1, 0.15) is 0 Å². The predicted octanol–water partition coefficient (Wildman–Crippen LogP) is 7.92. The number of carbonyl (C=O) groups excluding carboxylic acids is 1. The minimum Gasteiger partial charge on any atom is -0.356 e. The zero-order chi connectivity index (χ0) is 19.5. The number of hydrogen-bond donors (Lipinski definition) is 2. The van der Waals surface area contributed by atoms with Crippen LogP contribution in [0.15, 0.2) is 54.6 Å². The molecule has 0 unspecified atom stereocenters. The van der Waals surface area contributed by atoms with Crippen molar-refractivity contribution in [2.75, 3.05) is 12.4 Å². The second kappa shape index (κ2) is 23.7. The highest BCUT2D eigenvalue weighted by atomic mass is 16.1. The number of nitrogens with one attached hydrogen (secondary N) is 2. The summed E-state index contributed by atoms with van der Waals surface area (Å²) in [6, 6.07) is 17.3. The van der Waals surface area contributed by atoms with Gasteiger partial charge in [-0.1, -0.05) is 87.4 Å². The Balaban J connectivity index is -0.000000231. The summed E-state index contributed by atoms with van der Waals surface area (Å²) in [7, 11) is 1.62. The molecule has 2 N–H and O–H groups in total. The molecule has 0 saturated carbocycles. The molecule has 2 rings (SSSR count). The maximum absolute atomic E-state index is 11.4. The number of unbranched alkanes of at least 4 members (excludes halogenated alkanes) is 1. The van der Waals surface area contributed by atoms with Crippen molar-refractivity contribution in [1.82, 2.24) is 5.32 Å². The first kappa shape index (κ1) is 32.4. The van der Waals surface area contributed by atoms with E-state index in [1.807, 2.05) is 70.2 Å². The molecule has 3 nitrogen and oxygen atoms in total. The molecule has 0 fully saturated rings. The van der Waals surface area contributed by atoms with Crippen molar-refractivity contribution in [3.8, 4) is 0 Å². The Morgan fingerprint density at radius 2 is 1.15 bits per heavy atom. The first-order valence-electron chi connectivity index (χ1n) is 9.35. The summed E-state index contributed by atoms with van der Waals surface area (Å²) in [5.74, 6) is -0.0729. The van der Waals surface area contributed by atoms with E-state index in [1.165, 1.54) is 12.8 Å². The highest BCUT2D eigenvalue weighted by Crippen LogP contribution is 2.16. The monoisotopic (exact) mass is 376 g/mol. The lowest BCUT2D eigenvalue weighted by molar-refractivity contribution is 0.0963. The fraction of sp³-hybridized carbons (Fsp3) is 0.458. The second-order valence-electron chi connectivity index (χ2n) is 4.65. The van der Waals surface area contributed by atoms with Crippen LogP contribution in [-0.2, 0) is 0 Å². The molecule has 2 aromatic carbocycles. The number of carbonyl (C=O) groups is 1. The van der Waals surface area contributed by atoms with Gasteiger partial charge < -0.3 is 10.6 Å². The molecule has 0 aliphatic rings. The lowest BCUT2D eigenvalue weighted by atomic mass is 10.2. The minimum absolute atomic E-state index is 0. The number of amides is 1. The predicted molar refractivity (Wildman–Crippen MR) is 126 cm³/mol. The van der Waals surface area contributed by atoms with E-state index < -0.39 is 0 Å². The fourth-order valence-electron chi connectivity index (χ4n) is 1.54. The van der Waals surface area contributed by atoms with E-state index in [4.69, 9.17) is 0 Å². The van der Waals surface area contributed by atoms with E-state index in [2.05, 4.69) is 24.5 Å². The summed E-state index contributed by atoms with van der Waals surface area (Å²) in [4.78, 5) is 11.4. The molecular formula is C24H44N2O. The Bertz CT molecular complexity index is 520. The van der Waals surface area contributed by atoms with Gasteiger partial charge in [0.2, 0.25) is 0 Å². The number of rotatable bonds is 4. The van der Waals surface area contributed by atoms with Crippen molar-refractivity contribution in [3.05, 3.63) is 60.2 Å². The van der Waals surface area contributed by atoms with Crippen molar-refractivity contribution >= 4 is 17.3 Å². The van der Waals surface area contributed by atoms with Crippen LogP contribution in [0.3, 0.4) is 0 Å². The van der Waals surface area contributed by atoms with Gasteiger partial charge in [-0.2, -0.15) is 0 Å². The third kappa shape index (κ3) is 15.7. The van der Waals surface area contributed by atoms with Gasteiger partial charge in [-0.05, 0) is 36.4 Å². The van der Waals surface area contributed by atoms with E-state index in [1.54, 1.807) is 19.2 Å². The van der Waals surface area contributed by atoms with Crippen molar-refractivity contribution in [1.29, 1.82) is 0 Å². The molecule has 0 atom stereocenters. The molecule has 0 bridgehead atoms. The maximum Gasteiger partial charge on any atom is 0.251 e. The summed E-state index contributed by atoms with van der Waals surface area (Å²) < 4.78 is 0. The van der Waals surface area contributed by atoms with Crippen molar-refractivity contribution in [2.24, 2.45) is 0 Å². The van der Waals surface area contributed by atoms with E-state index >= 15 is 0 Å². The van der Waals surface area contributed by atoms with E-state index in [-0.39, 0.29) is 20.8 Å². The van der Waals surface area contributed by atoms with Crippen LogP contribution >= 0.6 is 0 Å². The third-order valence-electron chi connectivity index (χ3n) is 2.94. The molecule has 0 heterocycles. The van der Waals surface area contributed by atoms with Gasteiger partial charge in [-0.25, -0.2) is 0 Å². The third-order valence-corrected chi connectivity index (χ3v) is 2.94. The first-order chi connectivity index (χ1) is 12.2. The van der Waals surface area contributed by atoms with Gasteiger partial charge in [0.15, 0.2) is 0 Å². The van der Waals surface area contributed by atoms with Crippen LogP contribution < -0.4 is 10.6 Å². The summed E-state index contributed by atoms with van der Waals surface area (Å²) in [5.41, 5.74) is 2.65. The van der Waals surface area contributed by atoms with Crippen LogP contribution in [0.2, 0.25) is 0 Å². The summed E-state index contributed by atoms with van der Waals surface area (Å²) in [5, 5.41) is 5.85. The lowest BCUT2D eigenvalue weighted by Crippen LogP contribution is -2.17. The molecule has 0 saturated heterocycles. The summed E-state index contributed by atoms with van der Waals surface area (Å²) in [6.45, 7) is 12.4. The zero-order valence-corrected chi connectivity index (χ0v) is 17.0. The number of hydrogen-bond acceptors (Lipinski definition) is 2.